The standard InChI is InChI=1S/C71H66N4O.Pt/c1-46-37-66(72-44-59(46)47-21-13-12-14-22-47)75-62-28-16-15-25-57(62)58-33-32-54(43-65(58)75)76-53-24-19-23-52(42-53)73-45-74(64-30-18-17-29-63(64)73)67-55(48-31-34-60-61(40-48)71(10,11)36-35-70(60,8)9)26-20-27-56(67)49-38-50(68(2,3)4)41-51(39-49)69(5,6)7;/h12-34,37-41,44H,35-36H2,1-11H3;/q-2;/i1D3,8D3,9D3,10D3,11D3,31D,34D,35D2,36D2,40D;. The van der Waals surface area contributed by atoms with Crippen LogP contribution in [0.4, 0.5) is 0 Å². The predicted octanol–water partition coefficient (Wildman–Crippen LogP) is 17.8. The maximum Gasteiger partial charge on any atom is 0.268 e. The van der Waals surface area contributed by atoms with Crippen LogP contribution in [0, 0.1) is 25.3 Å². The number of para-hydroxylation sites is 4. The number of aryl methyl sites for hydroxylation is 1. The smallest absolute Gasteiger partial charge is 0.268 e. The number of imidazole rings is 1. The molecular formula is C71H66N4OPt-2. The number of benzene rings is 8. The molecule has 0 bridgehead atoms. The summed E-state index contributed by atoms with van der Waals surface area (Å²) in [7, 11) is 0. The molecule has 3 aromatic heterocycles. The number of hydrogen-bond acceptors (Lipinski definition) is 2. The maximum absolute atomic E-state index is 10.4. The maximum atomic E-state index is 10.4. The van der Waals surface area contributed by atoms with Crippen molar-refractivity contribution in [1.29, 1.82) is 0 Å². The van der Waals surface area contributed by atoms with Crippen LogP contribution in [0.3, 0.4) is 0 Å². The molecule has 0 fully saturated rings. The van der Waals surface area contributed by atoms with E-state index >= 15 is 0 Å². The van der Waals surface area contributed by atoms with Gasteiger partial charge in [0.25, 0.3) is 6.33 Å². The normalized spacial score (nSPS) is 20.5. The summed E-state index contributed by atoms with van der Waals surface area (Å²) in [5, 5.41) is 1.61. The zero-order chi connectivity index (χ0) is 71.6. The van der Waals surface area contributed by atoms with Crippen molar-refractivity contribution in [3.63, 3.8) is 0 Å². The Morgan fingerprint density at radius 2 is 1.29 bits per heavy atom. The quantitative estimate of drug-likeness (QED) is 0.112. The van der Waals surface area contributed by atoms with Gasteiger partial charge in [0, 0.05) is 75.9 Å². The number of hydrogen-bond donors (Lipinski definition) is 0. The summed E-state index contributed by atoms with van der Waals surface area (Å²) in [5.41, 5.74) is -7.27. The van der Waals surface area contributed by atoms with Crippen molar-refractivity contribution in [1.82, 2.24) is 14.1 Å². The van der Waals surface area contributed by atoms with Gasteiger partial charge in [-0.3, -0.25) is 4.57 Å². The molecule has 12 rings (SSSR count). The van der Waals surface area contributed by atoms with Gasteiger partial charge < -0.3 is 13.9 Å². The summed E-state index contributed by atoms with van der Waals surface area (Å²) < 4.78 is 213. The van der Waals surface area contributed by atoms with Crippen molar-refractivity contribution in [3.8, 4) is 62.1 Å². The van der Waals surface area contributed by atoms with Gasteiger partial charge in [0.15, 0.2) is 0 Å². The van der Waals surface area contributed by atoms with Crippen molar-refractivity contribution in [2.45, 2.75) is 110 Å². The third-order valence-corrected chi connectivity index (χ3v) is 14.0. The molecule has 3 heterocycles. The molecule has 0 saturated carbocycles. The van der Waals surface area contributed by atoms with Gasteiger partial charge in [-0.2, -0.15) is 18.2 Å². The molecule has 11 aromatic rings. The summed E-state index contributed by atoms with van der Waals surface area (Å²) in [6.07, 6.45) is -4.03. The molecule has 388 valence electrons. The number of aromatic nitrogens is 4. The van der Waals surface area contributed by atoms with E-state index in [4.69, 9.17) is 30.3 Å². The first-order valence-corrected chi connectivity index (χ1v) is 25.0. The van der Waals surface area contributed by atoms with Crippen molar-refractivity contribution in [2.75, 3.05) is 0 Å². The third kappa shape index (κ3) is 9.35. The van der Waals surface area contributed by atoms with E-state index in [0.29, 0.717) is 50.3 Å². The van der Waals surface area contributed by atoms with E-state index in [0.717, 1.165) is 27.4 Å². The Bertz CT molecular complexity index is 4970. The second kappa shape index (κ2) is 19.3. The van der Waals surface area contributed by atoms with Crippen LogP contribution in [0.1, 0.15) is 140 Å². The van der Waals surface area contributed by atoms with Gasteiger partial charge in [0.1, 0.15) is 5.82 Å². The van der Waals surface area contributed by atoms with Gasteiger partial charge in [-0.25, -0.2) is 4.98 Å². The Hall–Kier alpha value is -7.33. The van der Waals surface area contributed by atoms with E-state index in [1.54, 1.807) is 82.1 Å². The van der Waals surface area contributed by atoms with Crippen LogP contribution in [0.15, 0.2) is 176 Å². The van der Waals surface area contributed by atoms with E-state index in [2.05, 4.69) is 24.5 Å². The van der Waals surface area contributed by atoms with Crippen LogP contribution >= 0.6 is 0 Å². The zero-order valence-corrected chi connectivity index (χ0v) is 45.3. The Morgan fingerprint density at radius 1 is 0.623 bits per heavy atom. The van der Waals surface area contributed by atoms with E-state index in [9.17, 15) is 9.60 Å². The van der Waals surface area contributed by atoms with Crippen molar-refractivity contribution >= 4 is 32.8 Å². The Balaban J connectivity index is 0.00000990. The number of nitrogens with zero attached hydrogens (tertiary/aromatic N) is 4. The number of fused-ring (bicyclic) bond motifs is 5. The van der Waals surface area contributed by atoms with Crippen LogP contribution in [0.5, 0.6) is 11.5 Å². The molecule has 0 spiro atoms. The molecule has 0 N–H and O–H groups in total. The topological polar surface area (TPSA) is 35.9 Å². The minimum atomic E-state index is -4.53. The average Bonchev–Trinajstić information content (AvgIpc) is 0.889. The van der Waals surface area contributed by atoms with Crippen LogP contribution in [0.25, 0.3) is 83.4 Å². The molecule has 8 aromatic carbocycles. The first-order chi connectivity index (χ1) is 45.3. The molecule has 0 atom stereocenters. The molecule has 1 aliphatic rings. The largest absolute Gasteiger partial charge is 0.510 e. The molecule has 0 aliphatic heterocycles. The van der Waals surface area contributed by atoms with Crippen molar-refractivity contribution < 1.29 is 60.5 Å². The van der Waals surface area contributed by atoms with Gasteiger partial charge in [-0.15, -0.1) is 29.7 Å². The molecule has 1 aliphatic carbocycles. The first kappa shape index (κ1) is 31.8. The molecule has 0 radical (unpaired) electrons. The van der Waals surface area contributed by atoms with E-state index in [1.165, 1.54) is 6.07 Å². The summed E-state index contributed by atoms with van der Waals surface area (Å²) in [6, 6.07) is 47.6. The summed E-state index contributed by atoms with van der Waals surface area (Å²) in [4.78, 5) is 4.84. The Kier molecular flexibility index (Phi) is 7.96. The zero-order valence-electron chi connectivity index (χ0n) is 65.0. The fourth-order valence-electron chi connectivity index (χ4n) is 10.0. The summed E-state index contributed by atoms with van der Waals surface area (Å²) in [6.45, 7) is -7.35. The molecule has 0 unspecified atom stereocenters. The Morgan fingerprint density at radius 3 is 2.01 bits per heavy atom. The summed E-state index contributed by atoms with van der Waals surface area (Å²) in [5.74, 6) is 0.763. The Labute approximate surface area is 500 Å². The second-order valence-electron chi connectivity index (χ2n) is 21.4. The van der Waals surface area contributed by atoms with Crippen molar-refractivity contribution in [2.24, 2.45) is 0 Å². The molecule has 5 nitrogen and oxygen atoms in total. The molecular weight excluding hydrogens is 1120 g/mol. The van der Waals surface area contributed by atoms with E-state index in [-0.39, 0.29) is 49.4 Å². The van der Waals surface area contributed by atoms with Gasteiger partial charge in [0.05, 0.1) is 20.8 Å². The molecule has 0 amide bonds. The van der Waals surface area contributed by atoms with Crippen LogP contribution < -0.4 is 9.30 Å². The van der Waals surface area contributed by atoms with Gasteiger partial charge in [0.2, 0.25) is 0 Å². The van der Waals surface area contributed by atoms with Crippen LogP contribution in [-0.2, 0) is 42.7 Å². The minimum Gasteiger partial charge on any atom is -0.510 e. The summed E-state index contributed by atoms with van der Waals surface area (Å²) >= 11 is 0. The van der Waals surface area contributed by atoms with Gasteiger partial charge in [-0.05, 0) is 120 Å². The van der Waals surface area contributed by atoms with E-state index in [1.807, 2.05) is 119 Å². The minimum absolute atomic E-state index is 0. The second-order valence-corrected chi connectivity index (χ2v) is 21.4. The fraction of sp³-hybridized carbons (Fsp3) is 0.239. The predicted molar refractivity (Wildman–Crippen MR) is 314 cm³/mol. The monoisotopic (exact) mass is 1210 g/mol. The fourth-order valence-corrected chi connectivity index (χ4v) is 10.0. The molecule has 77 heavy (non-hydrogen) atoms. The van der Waals surface area contributed by atoms with Crippen molar-refractivity contribution in [3.05, 3.63) is 222 Å². The number of ether oxygens (including phenoxy) is 1. The van der Waals surface area contributed by atoms with Crippen LogP contribution in [0.2, 0.25) is 0 Å². The SMILES string of the molecule is [2H]c1c([2H])c2c(c([2H])c1-c1cccc(-c3cc(C(C)(C)C)cc(C(C)(C)C)c3)c1-[n+]1[c-]n(-c3[c-]c(Oc4[c-]c5c(cc4)c4ccccc4n5-c4cc(C([2H])([2H])[2H])c(-c5ccccc5)cn4)ccc3)c3ccccc31)C(C([2H])([2H])[2H])(C([2H])([2H])[2H])C([2H])([2H])C([2H])([2H])C2(C([2H])([2H])[2H])C([2H])([2H])[2H].[Pt]. The number of rotatable bonds is 8. The number of pyridine rings is 1. The van der Waals surface area contributed by atoms with Gasteiger partial charge >= 0.3 is 0 Å². The van der Waals surface area contributed by atoms with Crippen LogP contribution in [-0.4, -0.2) is 14.1 Å². The first-order valence-electron chi connectivity index (χ1n) is 36.0. The molecule has 6 heteroatoms. The van der Waals surface area contributed by atoms with Gasteiger partial charge in [-0.1, -0.05) is 202 Å². The van der Waals surface area contributed by atoms with E-state index < -0.39 is 103 Å². The average molecular weight is 1210 g/mol. The third-order valence-electron chi connectivity index (χ3n) is 14.0. The molecule has 0 saturated heterocycles.